The molecule has 1 amide bonds. The van der Waals surface area contributed by atoms with E-state index in [1.165, 1.54) is 24.3 Å². The van der Waals surface area contributed by atoms with E-state index in [4.69, 9.17) is 5.11 Å². The Bertz CT molecular complexity index is 920. The third-order valence-electron chi connectivity index (χ3n) is 3.50. The van der Waals surface area contributed by atoms with Crippen molar-refractivity contribution in [2.45, 2.75) is 6.92 Å². The average Bonchev–Trinajstić information content (AvgIpc) is 2.91. The van der Waals surface area contributed by atoms with Crippen LogP contribution in [-0.4, -0.2) is 22.2 Å². The van der Waals surface area contributed by atoms with Crippen LogP contribution >= 0.6 is 11.8 Å². The molecule has 1 aliphatic rings. The van der Waals surface area contributed by atoms with E-state index in [9.17, 15) is 14.0 Å². The number of aliphatic imine (C=N–C) groups is 1. The van der Waals surface area contributed by atoms with Crippen molar-refractivity contribution in [2.24, 2.45) is 4.99 Å². The van der Waals surface area contributed by atoms with Gasteiger partial charge in [0.25, 0.3) is 5.91 Å². The largest absolute Gasteiger partial charge is 0.478 e. The monoisotopic (exact) mass is 356 g/mol. The van der Waals surface area contributed by atoms with Crippen LogP contribution in [0.15, 0.2) is 52.4 Å². The third kappa shape index (κ3) is 3.95. The Morgan fingerprint density at radius 1 is 1.24 bits per heavy atom. The topological polar surface area (TPSA) is 78.8 Å². The van der Waals surface area contributed by atoms with Crippen LogP contribution in [0, 0.1) is 12.7 Å². The van der Waals surface area contributed by atoms with Crippen LogP contribution in [0.2, 0.25) is 0 Å². The number of carboxylic acids is 1. The van der Waals surface area contributed by atoms with Crippen molar-refractivity contribution < 1.29 is 19.1 Å². The second-order valence-electron chi connectivity index (χ2n) is 5.34. The Kier molecular flexibility index (Phi) is 4.67. The molecule has 1 heterocycles. The second kappa shape index (κ2) is 6.90. The zero-order valence-electron chi connectivity index (χ0n) is 13.1. The average molecular weight is 356 g/mol. The number of thioether (sulfide) groups is 1. The predicted molar refractivity (Wildman–Crippen MR) is 95.3 cm³/mol. The zero-order chi connectivity index (χ0) is 18.0. The Balaban J connectivity index is 1.87. The second-order valence-corrected chi connectivity index (χ2v) is 6.37. The minimum absolute atomic E-state index is 0.126. The van der Waals surface area contributed by atoms with Gasteiger partial charge in [-0.15, -0.1) is 0 Å². The quantitative estimate of drug-likeness (QED) is 0.822. The van der Waals surface area contributed by atoms with E-state index in [1.54, 1.807) is 24.3 Å². The van der Waals surface area contributed by atoms with Gasteiger partial charge in [-0.1, -0.05) is 18.2 Å². The maximum absolute atomic E-state index is 12.9. The van der Waals surface area contributed by atoms with Crippen LogP contribution < -0.4 is 5.32 Å². The Morgan fingerprint density at radius 2 is 1.96 bits per heavy atom. The summed E-state index contributed by atoms with van der Waals surface area (Å²) in [7, 11) is 0. The SMILES string of the molecule is Cc1ccc(C(=O)O)cc1N=C1NC(=O)C(=Cc2ccc(F)cc2)S1. The highest BCUT2D eigenvalue weighted by molar-refractivity contribution is 8.18. The first-order chi connectivity index (χ1) is 11.9. The van der Waals surface area contributed by atoms with Gasteiger partial charge in [-0.3, -0.25) is 4.79 Å². The normalized spacial score (nSPS) is 17.1. The number of hydrogen-bond donors (Lipinski definition) is 2. The van der Waals surface area contributed by atoms with E-state index < -0.39 is 5.97 Å². The molecule has 0 spiro atoms. The van der Waals surface area contributed by atoms with Gasteiger partial charge in [-0.05, 0) is 60.2 Å². The number of aryl methyl sites for hydroxylation is 1. The van der Waals surface area contributed by atoms with E-state index in [2.05, 4.69) is 10.3 Å². The van der Waals surface area contributed by atoms with Gasteiger partial charge in [0.1, 0.15) is 5.82 Å². The molecule has 1 fully saturated rings. The van der Waals surface area contributed by atoms with Crippen LogP contribution in [0.4, 0.5) is 10.1 Å². The maximum atomic E-state index is 12.9. The van der Waals surface area contributed by atoms with E-state index in [0.717, 1.165) is 17.3 Å². The number of aromatic carboxylic acids is 1. The van der Waals surface area contributed by atoms with Crippen molar-refractivity contribution in [3.63, 3.8) is 0 Å². The van der Waals surface area contributed by atoms with Gasteiger partial charge in [-0.25, -0.2) is 14.2 Å². The lowest BCUT2D eigenvalue weighted by atomic mass is 10.1. The minimum atomic E-state index is -1.04. The van der Waals surface area contributed by atoms with E-state index in [1.807, 2.05) is 6.92 Å². The van der Waals surface area contributed by atoms with Crippen LogP contribution in [-0.2, 0) is 4.79 Å². The first kappa shape index (κ1) is 16.9. The predicted octanol–water partition coefficient (Wildman–Crippen LogP) is 3.72. The van der Waals surface area contributed by atoms with Gasteiger partial charge in [0.15, 0.2) is 5.17 Å². The van der Waals surface area contributed by atoms with E-state index in [-0.39, 0.29) is 17.3 Å². The number of nitrogens with one attached hydrogen (secondary N) is 1. The fourth-order valence-electron chi connectivity index (χ4n) is 2.16. The summed E-state index contributed by atoms with van der Waals surface area (Å²) in [5, 5.41) is 12.1. The number of halogens is 1. The first-order valence-corrected chi connectivity index (χ1v) is 8.13. The Morgan fingerprint density at radius 3 is 2.64 bits per heavy atom. The number of carboxylic acid groups (broad SMARTS) is 1. The van der Waals surface area contributed by atoms with Crippen molar-refractivity contribution in [2.75, 3.05) is 0 Å². The molecule has 0 radical (unpaired) electrons. The maximum Gasteiger partial charge on any atom is 0.335 e. The molecule has 2 aromatic rings. The number of hydrogen-bond acceptors (Lipinski definition) is 4. The van der Waals surface area contributed by atoms with Gasteiger partial charge in [0, 0.05) is 0 Å². The fourth-order valence-corrected chi connectivity index (χ4v) is 3.00. The summed E-state index contributed by atoms with van der Waals surface area (Å²) in [4.78, 5) is 27.9. The van der Waals surface area contributed by atoms with Crippen molar-refractivity contribution in [3.05, 3.63) is 69.9 Å². The van der Waals surface area contributed by atoms with Gasteiger partial charge in [0.2, 0.25) is 0 Å². The third-order valence-corrected chi connectivity index (χ3v) is 4.41. The van der Waals surface area contributed by atoms with Crippen LogP contribution in [0.5, 0.6) is 0 Å². The molecule has 0 aliphatic carbocycles. The Labute approximate surface area is 147 Å². The summed E-state index contributed by atoms with van der Waals surface area (Å²) in [6.45, 7) is 1.81. The van der Waals surface area contributed by atoms with Gasteiger partial charge >= 0.3 is 5.97 Å². The molecule has 1 saturated heterocycles. The molecule has 3 rings (SSSR count). The van der Waals surface area contributed by atoms with Gasteiger partial charge in [0.05, 0.1) is 16.2 Å². The molecule has 25 heavy (non-hydrogen) atoms. The van der Waals surface area contributed by atoms with Gasteiger partial charge in [-0.2, -0.15) is 0 Å². The molecule has 7 heteroatoms. The smallest absolute Gasteiger partial charge is 0.335 e. The summed E-state index contributed by atoms with van der Waals surface area (Å²) in [5.74, 6) is -1.69. The van der Waals surface area contributed by atoms with Crippen molar-refractivity contribution in [1.29, 1.82) is 0 Å². The standard InChI is InChI=1S/C18H13FN2O3S/c1-10-2-5-12(17(23)24)9-14(10)20-18-21-16(22)15(25-18)8-11-3-6-13(19)7-4-11/h2-9H,1H3,(H,23,24)(H,20,21,22). The van der Waals surface area contributed by atoms with Crippen LogP contribution in [0.25, 0.3) is 6.08 Å². The molecule has 0 bridgehead atoms. The van der Waals surface area contributed by atoms with E-state index in [0.29, 0.717) is 21.3 Å². The molecule has 5 nitrogen and oxygen atoms in total. The lowest BCUT2D eigenvalue weighted by molar-refractivity contribution is -0.115. The molecule has 0 saturated carbocycles. The minimum Gasteiger partial charge on any atom is -0.478 e. The molecule has 1 aliphatic heterocycles. The molecule has 2 aromatic carbocycles. The summed E-state index contributed by atoms with van der Waals surface area (Å²) >= 11 is 1.14. The molecule has 0 unspecified atom stereocenters. The highest BCUT2D eigenvalue weighted by Crippen LogP contribution is 2.29. The number of carbonyl (C=O) groups is 2. The lowest BCUT2D eigenvalue weighted by Crippen LogP contribution is -2.19. The fraction of sp³-hybridized carbons (Fsp3) is 0.0556. The molecular weight excluding hydrogens is 343 g/mol. The molecule has 126 valence electrons. The zero-order valence-corrected chi connectivity index (χ0v) is 13.9. The van der Waals surface area contributed by atoms with E-state index >= 15 is 0 Å². The van der Waals surface area contributed by atoms with Crippen molar-refractivity contribution in [3.8, 4) is 0 Å². The first-order valence-electron chi connectivity index (χ1n) is 7.31. The number of amides is 1. The summed E-state index contributed by atoms with van der Waals surface area (Å²) in [6, 6.07) is 10.4. The molecule has 2 N–H and O–H groups in total. The molecule has 0 atom stereocenters. The summed E-state index contributed by atoms with van der Waals surface area (Å²) in [5.41, 5.74) is 2.10. The molecular formula is C18H13FN2O3S. The number of amidine groups is 1. The van der Waals surface area contributed by atoms with Crippen LogP contribution in [0.3, 0.4) is 0 Å². The van der Waals surface area contributed by atoms with Crippen molar-refractivity contribution in [1.82, 2.24) is 5.32 Å². The number of carbonyl (C=O) groups excluding carboxylic acids is 1. The summed E-state index contributed by atoms with van der Waals surface area (Å²) < 4.78 is 12.9. The highest BCUT2D eigenvalue weighted by atomic mass is 32.2. The Hall–Kier alpha value is -2.93. The lowest BCUT2D eigenvalue weighted by Gasteiger charge is -2.03. The number of benzene rings is 2. The summed E-state index contributed by atoms with van der Waals surface area (Å²) in [6.07, 6.45) is 1.64. The molecule has 0 aromatic heterocycles. The number of rotatable bonds is 3. The highest BCUT2D eigenvalue weighted by Gasteiger charge is 2.24. The number of nitrogens with zero attached hydrogens (tertiary/aromatic N) is 1. The van der Waals surface area contributed by atoms with Gasteiger partial charge < -0.3 is 10.4 Å². The van der Waals surface area contributed by atoms with Crippen LogP contribution in [0.1, 0.15) is 21.5 Å². The van der Waals surface area contributed by atoms with Crippen molar-refractivity contribution >= 4 is 40.6 Å².